The summed E-state index contributed by atoms with van der Waals surface area (Å²) in [4.78, 5) is 17.8. The van der Waals surface area contributed by atoms with Crippen LogP contribution in [0.15, 0.2) is 40.4 Å². The maximum Gasteiger partial charge on any atom is 0.270 e. The van der Waals surface area contributed by atoms with Crippen molar-refractivity contribution in [2.45, 2.75) is 17.7 Å². The van der Waals surface area contributed by atoms with Gasteiger partial charge in [0.1, 0.15) is 10.0 Å². The predicted octanol–water partition coefficient (Wildman–Crippen LogP) is 3.02. The van der Waals surface area contributed by atoms with Crippen molar-refractivity contribution in [2.75, 3.05) is 0 Å². The minimum atomic E-state index is -0.297. The number of aromatic nitrogens is 2. The Labute approximate surface area is 108 Å². The predicted molar refractivity (Wildman–Crippen MR) is 70.6 cm³/mol. The fourth-order valence-corrected chi connectivity index (χ4v) is 2.62. The third kappa shape index (κ3) is 2.90. The summed E-state index contributed by atoms with van der Waals surface area (Å²) in [5.74, 6) is 0.753. The van der Waals surface area contributed by atoms with Gasteiger partial charge in [-0.15, -0.1) is 0 Å². The number of hydrogen-bond donors (Lipinski definition) is 1. The van der Waals surface area contributed by atoms with Crippen molar-refractivity contribution in [1.82, 2.24) is 9.97 Å². The maximum atomic E-state index is 11.3. The molecule has 88 valence electrons. The number of halogens is 1. The zero-order valence-electron chi connectivity index (χ0n) is 9.24. The highest BCUT2D eigenvalue weighted by Crippen LogP contribution is 2.25. The van der Waals surface area contributed by atoms with Crippen molar-refractivity contribution in [3.63, 3.8) is 0 Å². The lowest BCUT2D eigenvalue weighted by atomic mass is 10.1. The van der Waals surface area contributed by atoms with Gasteiger partial charge in [-0.2, -0.15) is 0 Å². The minimum Gasteiger partial charge on any atom is -0.312 e. The van der Waals surface area contributed by atoms with Crippen molar-refractivity contribution < 1.29 is 0 Å². The summed E-state index contributed by atoms with van der Waals surface area (Å²) in [6.45, 7) is 2.06. The van der Waals surface area contributed by atoms with E-state index in [1.807, 2.05) is 12.1 Å². The third-order valence-corrected chi connectivity index (χ3v) is 3.89. The molecule has 1 aromatic carbocycles. The van der Waals surface area contributed by atoms with Crippen LogP contribution in [0.1, 0.15) is 11.1 Å². The number of benzene rings is 1. The summed E-state index contributed by atoms with van der Waals surface area (Å²) in [5.41, 5.74) is 2.14. The number of H-pyrrole nitrogens is 1. The molecule has 0 aliphatic heterocycles. The van der Waals surface area contributed by atoms with E-state index in [0.717, 1.165) is 5.75 Å². The molecule has 1 heterocycles. The fraction of sp³-hybridized carbons (Fsp3) is 0.167. The largest absolute Gasteiger partial charge is 0.312 e. The van der Waals surface area contributed by atoms with Crippen LogP contribution in [-0.4, -0.2) is 9.97 Å². The van der Waals surface area contributed by atoms with Gasteiger partial charge in [-0.25, -0.2) is 4.98 Å². The highest BCUT2D eigenvalue weighted by molar-refractivity contribution is 7.98. The molecular weight excluding hydrogens is 256 g/mol. The molecule has 2 aromatic rings. The number of thioether (sulfide) groups is 1. The van der Waals surface area contributed by atoms with Crippen molar-refractivity contribution in [3.8, 4) is 0 Å². The van der Waals surface area contributed by atoms with Crippen molar-refractivity contribution in [2.24, 2.45) is 0 Å². The van der Waals surface area contributed by atoms with E-state index in [1.54, 1.807) is 0 Å². The molecular formula is C12H11ClN2OS. The molecule has 0 amide bonds. The first-order chi connectivity index (χ1) is 8.18. The highest BCUT2D eigenvalue weighted by Gasteiger charge is 2.07. The van der Waals surface area contributed by atoms with Crippen LogP contribution in [0.5, 0.6) is 0 Å². The molecule has 17 heavy (non-hydrogen) atoms. The molecule has 0 unspecified atom stereocenters. The maximum absolute atomic E-state index is 11.3. The summed E-state index contributed by atoms with van der Waals surface area (Å²) in [6, 6.07) is 8.11. The van der Waals surface area contributed by atoms with Gasteiger partial charge in [0.15, 0.2) is 0 Å². The van der Waals surface area contributed by atoms with Crippen LogP contribution in [0.3, 0.4) is 0 Å². The van der Waals surface area contributed by atoms with E-state index in [4.69, 9.17) is 11.6 Å². The average molecular weight is 267 g/mol. The van der Waals surface area contributed by atoms with Gasteiger partial charge in [-0.05, 0) is 18.1 Å². The monoisotopic (exact) mass is 266 g/mol. The molecule has 1 N–H and O–H groups in total. The third-order valence-electron chi connectivity index (χ3n) is 2.39. The second kappa shape index (κ2) is 5.38. The normalized spacial score (nSPS) is 10.5. The Bertz CT molecular complexity index is 583. The number of hydrogen-bond acceptors (Lipinski definition) is 3. The number of nitrogens with one attached hydrogen (secondary N) is 1. The van der Waals surface area contributed by atoms with Gasteiger partial charge in [-0.1, -0.05) is 47.6 Å². The topological polar surface area (TPSA) is 45.8 Å². The van der Waals surface area contributed by atoms with E-state index in [1.165, 1.54) is 29.2 Å². The van der Waals surface area contributed by atoms with Crippen LogP contribution < -0.4 is 5.56 Å². The van der Waals surface area contributed by atoms with E-state index in [0.29, 0.717) is 5.03 Å². The van der Waals surface area contributed by atoms with Crippen molar-refractivity contribution >= 4 is 23.4 Å². The van der Waals surface area contributed by atoms with E-state index in [9.17, 15) is 4.79 Å². The van der Waals surface area contributed by atoms with Crippen molar-refractivity contribution in [3.05, 3.63) is 57.1 Å². The van der Waals surface area contributed by atoms with E-state index >= 15 is 0 Å². The molecule has 0 spiro atoms. The Kier molecular flexibility index (Phi) is 3.86. The summed E-state index contributed by atoms with van der Waals surface area (Å²) >= 11 is 7.34. The summed E-state index contributed by atoms with van der Waals surface area (Å²) in [7, 11) is 0. The first-order valence-corrected chi connectivity index (χ1v) is 6.45. The first kappa shape index (κ1) is 12.2. The lowest BCUT2D eigenvalue weighted by Crippen LogP contribution is -2.07. The van der Waals surface area contributed by atoms with Gasteiger partial charge in [0.25, 0.3) is 5.56 Å². The second-order valence-corrected chi connectivity index (χ2v) is 4.91. The van der Waals surface area contributed by atoms with E-state index in [2.05, 4.69) is 29.0 Å². The van der Waals surface area contributed by atoms with Gasteiger partial charge < -0.3 is 4.98 Å². The molecule has 0 radical (unpaired) electrons. The molecule has 0 aliphatic rings. The lowest BCUT2D eigenvalue weighted by Gasteiger charge is -2.05. The van der Waals surface area contributed by atoms with E-state index in [-0.39, 0.29) is 10.6 Å². The quantitative estimate of drug-likeness (QED) is 0.686. The van der Waals surface area contributed by atoms with Gasteiger partial charge in [0.05, 0.1) is 6.33 Å². The summed E-state index contributed by atoms with van der Waals surface area (Å²) < 4.78 is 0. The number of aromatic amines is 1. The second-order valence-electron chi connectivity index (χ2n) is 3.57. The SMILES string of the molecule is Cc1ccccc1CSc1nc[nH]c(=O)c1Cl. The molecule has 3 nitrogen and oxygen atoms in total. The van der Waals surface area contributed by atoms with Crippen LogP contribution >= 0.6 is 23.4 Å². The van der Waals surface area contributed by atoms with Crippen LogP contribution in [0.25, 0.3) is 0 Å². The van der Waals surface area contributed by atoms with Crippen LogP contribution in [0, 0.1) is 6.92 Å². The molecule has 2 rings (SSSR count). The molecule has 0 saturated heterocycles. The molecule has 5 heteroatoms. The Morgan fingerprint density at radius 2 is 2.18 bits per heavy atom. The Morgan fingerprint density at radius 3 is 2.94 bits per heavy atom. The fourth-order valence-electron chi connectivity index (χ4n) is 1.39. The summed E-state index contributed by atoms with van der Waals surface area (Å²) in [5, 5.41) is 0.727. The summed E-state index contributed by atoms with van der Waals surface area (Å²) in [6.07, 6.45) is 1.37. The lowest BCUT2D eigenvalue weighted by molar-refractivity contribution is 1.01. The molecule has 1 aromatic heterocycles. The Morgan fingerprint density at radius 1 is 1.41 bits per heavy atom. The van der Waals surface area contributed by atoms with Crippen LogP contribution in [-0.2, 0) is 5.75 Å². The number of nitrogens with zero attached hydrogens (tertiary/aromatic N) is 1. The van der Waals surface area contributed by atoms with Gasteiger partial charge in [0, 0.05) is 5.75 Å². The average Bonchev–Trinajstić information content (AvgIpc) is 2.33. The molecule has 0 aliphatic carbocycles. The van der Waals surface area contributed by atoms with Crippen LogP contribution in [0.2, 0.25) is 5.02 Å². The standard InChI is InChI=1S/C12H11ClN2OS/c1-8-4-2-3-5-9(8)6-17-12-10(13)11(16)14-7-15-12/h2-5,7H,6H2,1H3,(H,14,15,16). The molecule has 0 saturated carbocycles. The van der Waals surface area contributed by atoms with Crippen molar-refractivity contribution in [1.29, 1.82) is 0 Å². The van der Waals surface area contributed by atoms with Gasteiger partial charge in [-0.3, -0.25) is 4.79 Å². The van der Waals surface area contributed by atoms with Gasteiger partial charge >= 0.3 is 0 Å². The minimum absolute atomic E-state index is 0.158. The Hall–Kier alpha value is -1.26. The number of rotatable bonds is 3. The molecule has 0 fully saturated rings. The first-order valence-electron chi connectivity index (χ1n) is 5.09. The Balaban J connectivity index is 2.16. The molecule has 0 bridgehead atoms. The molecule has 0 atom stereocenters. The highest BCUT2D eigenvalue weighted by atomic mass is 35.5. The zero-order valence-corrected chi connectivity index (χ0v) is 10.8. The van der Waals surface area contributed by atoms with E-state index < -0.39 is 0 Å². The zero-order chi connectivity index (χ0) is 12.3. The number of aryl methyl sites for hydroxylation is 1. The van der Waals surface area contributed by atoms with Gasteiger partial charge in [0.2, 0.25) is 0 Å². The van der Waals surface area contributed by atoms with Crippen LogP contribution in [0.4, 0.5) is 0 Å². The smallest absolute Gasteiger partial charge is 0.270 e.